The minimum Gasteiger partial charge on any atom is -0.356 e. The topological polar surface area (TPSA) is 55.4 Å². The highest BCUT2D eigenvalue weighted by Crippen LogP contribution is 2.46. The lowest BCUT2D eigenvalue weighted by molar-refractivity contribution is -0.170. The fraction of sp³-hybridized carbons (Fsp3) is 0.467. The predicted octanol–water partition coefficient (Wildman–Crippen LogP) is 3.14. The van der Waals surface area contributed by atoms with E-state index in [-0.39, 0.29) is 24.2 Å². The molecule has 106 valence electrons. The Morgan fingerprint density at radius 3 is 3.00 bits per heavy atom. The number of ketones is 1. The maximum atomic E-state index is 12.4. The van der Waals surface area contributed by atoms with Gasteiger partial charge >= 0.3 is 0 Å². The minimum absolute atomic E-state index is 0.0951. The first-order valence-corrected chi connectivity index (χ1v) is 7.65. The molecule has 1 aromatic rings. The van der Waals surface area contributed by atoms with Crippen LogP contribution in [0.25, 0.3) is 0 Å². The second kappa shape index (κ2) is 4.97. The lowest BCUT2D eigenvalue weighted by Crippen LogP contribution is -2.47. The van der Waals surface area contributed by atoms with E-state index in [1.54, 1.807) is 0 Å². The molecule has 3 rings (SSSR count). The summed E-state index contributed by atoms with van der Waals surface area (Å²) in [6.45, 7) is 2.05. The smallest absolute Gasteiger partial charge is 0.261 e. The van der Waals surface area contributed by atoms with Crippen LogP contribution in [0.5, 0.6) is 0 Å². The highest BCUT2D eigenvalue weighted by Gasteiger charge is 2.53. The van der Waals surface area contributed by atoms with E-state index in [1.807, 2.05) is 25.1 Å². The molecule has 1 N–H and O–H groups in total. The summed E-state index contributed by atoms with van der Waals surface area (Å²) in [4.78, 5) is 24.5. The maximum Gasteiger partial charge on any atom is 0.261 e. The summed E-state index contributed by atoms with van der Waals surface area (Å²) in [6.07, 6.45) is 2.09. The van der Waals surface area contributed by atoms with Gasteiger partial charge in [-0.1, -0.05) is 29.3 Å². The number of hydrogen-bond donors (Lipinski definition) is 1. The zero-order valence-electron chi connectivity index (χ0n) is 11.2. The van der Waals surface area contributed by atoms with Gasteiger partial charge in [0, 0.05) is 28.6 Å². The van der Waals surface area contributed by atoms with Crippen molar-refractivity contribution in [2.45, 2.75) is 44.3 Å². The fourth-order valence-corrected chi connectivity index (χ4v) is 3.41. The first kappa shape index (κ1) is 13.8. The van der Waals surface area contributed by atoms with Crippen molar-refractivity contribution in [1.29, 1.82) is 0 Å². The lowest BCUT2D eigenvalue weighted by atomic mass is 9.84. The van der Waals surface area contributed by atoms with Gasteiger partial charge in [-0.25, -0.2) is 0 Å². The Labute approximate surface area is 126 Å². The highest BCUT2D eigenvalue weighted by molar-refractivity contribution is 9.10. The van der Waals surface area contributed by atoms with Crippen LogP contribution in [0.3, 0.4) is 0 Å². The van der Waals surface area contributed by atoms with Gasteiger partial charge in [-0.2, -0.15) is 0 Å². The van der Waals surface area contributed by atoms with Gasteiger partial charge in [0.1, 0.15) is 5.78 Å². The van der Waals surface area contributed by atoms with Crippen molar-refractivity contribution < 1.29 is 14.3 Å². The Balaban J connectivity index is 2.05. The molecular weight excluding hydrogens is 322 g/mol. The van der Waals surface area contributed by atoms with Crippen molar-refractivity contribution in [2.24, 2.45) is 0 Å². The van der Waals surface area contributed by atoms with Gasteiger partial charge in [-0.3, -0.25) is 9.59 Å². The van der Waals surface area contributed by atoms with E-state index < -0.39 is 5.60 Å². The maximum absolute atomic E-state index is 12.4. The monoisotopic (exact) mass is 337 g/mol. The molecule has 0 aromatic heterocycles. The van der Waals surface area contributed by atoms with Crippen LogP contribution in [-0.4, -0.2) is 17.8 Å². The van der Waals surface area contributed by atoms with Crippen molar-refractivity contribution >= 4 is 33.3 Å². The number of hydrogen-bond acceptors (Lipinski definition) is 3. The molecule has 1 fully saturated rings. The SMILES string of the molecule is CCC[C@@H]1CC(=O)C[C@]2(O1)C(=O)Nc1ccc(Br)cc12. The van der Waals surface area contributed by atoms with E-state index in [4.69, 9.17) is 4.74 Å². The van der Waals surface area contributed by atoms with Crippen molar-refractivity contribution in [3.63, 3.8) is 0 Å². The molecule has 0 aliphatic carbocycles. The molecule has 2 atom stereocenters. The molecule has 1 saturated heterocycles. The van der Waals surface area contributed by atoms with Crippen molar-refractivity contribution in [3.05, 3.63) is 28.2 Å². The Bertz CT molecular complexity index is 586. The second-order valence-corrected chi connectivity index (χ2v) is 6.33. The zero-order valence-corrected chi connectivity index (χ0v) is 12.8. The standard InChI is InChI=1S/C15H16BrNO3/c1-2-3-11-7-10(18)8-15(20-11)12-6-9(16)4-5-13(12)17-14(15)19/h4-6,11H,2-3,7-8H2,1H3,(H,17,19)/t11-,15-/m1/s1. The third kappa shape index (κ3) is 2.09. The van der Waals surface area contributed by atoms with Crippen molar-refractivity contribution in [3.8, 4) is 0 Å². The molecule has 0 saturated carbocycles. The molecule has 5 heteroatoms. The third-order valence-electron chi connectivity index (χ3n) is 3.91. The number of carbonyl (C=O) groups is 2. The predicted molar refractivity (Wildman–Crippen MR) is 78.5 cm³/mol. The Hall–Kier alpha value is -1.20. The zero-order chi connectivity index (χ0) is 14.3. The number of rotatable bonds is 2. The Morgan fingerprint density at radius 1 is 1.45 bits per heavy atom. The molecule has 0 unspecified atom stereocenters. The number of anilines is 1. The Kier molecular flexibility index (Phi) is 3.42. The van der Waals surface area contributed by atoms with Gasteiger partial charge in [0.2, 0.25) is 0 Å². The first-order chi connectivity index (χ1) is 9.55. The lowest BCUT2D eigenvalue weighted by Gasteiger charge is -2.36. The summed E-state index contributed by atoms with van der Waals surface area (Å²) in [5.74, 6) is -0.127. The molecule has 2 aliphatic heterocycles. The largest absolute Gasteiger partial charge is 0.356 e. The summed E-state index contributed by atoms with van der Waals surface area (Å²) < 4.78 is 6.96. The average molecular weight is 338 g/mol. The fourth-order valence-electron chi connectivity index (χ4n) is 3.05. The first-order valence-electron chi connectivity index (χ1n) is 6.86. The molecule has 0 bridgehead atoms. The molecular formula is C15H16BrNO3. The number of amides is 1. The number of Topliss-reactive ketones (excluding diaryl/α,β-unsaturated/α-hetero) is 1. The number of fused-ring (bicyclic) bond motifs is 2. The van der Waals surface area contributed by atoms with Gasteiger partial charge < -0.3 is 10.1 Å². The van der Waals surface area contributed by atoms with Gasteiger partial charge in [0.15, 0.2) is 5.60 Å². The molecule has 2 heterocycles. The average Bonchev–Trinajstić information content (AvgIpc) is 2.63. The van der Waals surface area contributed by atoms with Crippen LogP contribution in [0.15, 0.2) is 22.7 Å². The number of benzene rings is 1. The third-order valence-corrected chi connectivity index (χ3v) is 4.40. The summed E-state index contributed by atoms with van der Waals surface area (Å²) >= 11 is 3.42. The molecule has 2 aliphatic rings. The van der Waals surface area contributed by atoms with Gasteiger partial charge in [0.05, 0.1) is 6.10 Å². The highest BCUT2D eigenvalue weighted by atomic mass is 79.9. The number of carbonyl (C=O) groups excluding carboxylic acids is 2. The van der Waals surface area contributed by atoms with Crippen molar-refractivity contribution in [1.82, 2.24) is 0 Å². The normalized spacial score (nSPS) is 28.6. The molecule has 1 aromatic carbocycles. The van der Waals surface area contributed by atoms with E-state index in [9.17, 15) is 9.59 Å². The quantitative estimate of drug-likeness (QED) is 0.901. The number of ether oxygens (including phenoxy) is 1. The Morgan fingerprint density at radius 2 is 2.25 bits per heavy atom. The van der Waals surface area contributed by atoms with E-state index in [0.29, 0.717) is 6.42 Å². The van der Waals surface area contributed by atoms with E-state index >= 15 is 0 Å². The van der Waals surface area contributed by atoms with Crippen LogP contribution in [0.2, 0.25) is 0 Å². The molecule has 1 amide bonds. The van der Waals surface area contributed by atoms with E-state index in [1.165, 1.54) is 0 Å². The molecule has 1 spiro atoms. The van der Waals surface area contributed by atoms with Crippen LogP contribution in [0.4, 0.5) is 5.69 Å². The number of nitrogens with one attached hydrogen (secondary N) is 1. The van der Waals surface area contributed by atoms with E-state index in [0.717, 1.165) is 28.6 Å². The van der Waals surface area contributed by atoms with Crippen LogP contribution >= 0.6 is 15.9 Å². The molecule has 0 radical (unpaired) electrons. The summed E-state index contributed by atoms with van der Waals surface area (Å²) in [5, 5.41) is 2.83. The summed E-state index contributed by atoms with van der Waals surface area (Å²) in [7, 11) is 0. The van der Waals surface area contributed by atoms with Gasteiger partial charge in [-0.05, 0) is 24.6 Å². The van der Waals surface area contributed by atoms with Gasteiger partial charge in [0.25, 0.3) is 5.91 Å². The second-order valence-electron chi connectivity index (χ2n) is 5.42. The molecule has 20 heavy (non-hydrogen) atoms. The summed E-state index contributed by atoms with van der Waals surface area (Å²) in [6, 6.07) is 5.57. The summed E-state index contributed by atoms with van der Waals surface area (Å²) in [5.41, 5.74) is 0.378. The number of halogens is 1. The minimum atomic E-state index is -1.13. The van der Waals surface area contributed by atoms with Crippen LogP contribution in [-0.2, 0) is 19.9 Å². The van der Waals surface area contributed by atoms with Gasteiger partial charge in [-0.15, -0.1) is 0 Å². The van der Waals surface area contributed by atoms with Crippen LogP contribution < -0.4 is 5.32 Å². The van der Waals surface area contributed by atoms with E-state index in [2.05, 4.69) is 21.2 Å². The van der Waals surface area contributed by atoms with Crippen LogP contribution in [0, 0.1) is 0 Å². The van der Waals surface area contributed by atoms with Crippen LogP contribution in [0.1, 0.15) is 38.2 Å². The van der Waals surface area contributed by atoms with Crippen molar-refractivity contribution in [2.75, 3.05) is 5.32 Å². The molecule has 4 nitrogen and oxygen atoms in total.